The van der Waals surface area contributed by atoms with Crippen LogP contribution in [0, 0.1) is 5.92 Å². The summed E-state index contributed by atoms with van der Waals surface area (Å²) in [5, 5.41) is 6.93. The SMILES string of the molecule is C=CCN1CNCC2CC3NC=CC=C3C=C21. The summed E-state index contributed by atoms with van der Waals surface area (Å²) >= 11 is 0. The van der Waals surface area contributed by atoms with Crippen molar-refractivity contribution in [1.29, 1.82) is 0 Å². The van der Waals surface area contributed by atoms with Crippen molar-refractivity contribution in [3.05, 3.63) is 48.4 Å². The smallest absolute Gasteiger partial charge is 0.0682 e. The van der Waals surface area contributed by atoms with E-state index in [0.717, 1.165) is 19.8 Å². The zero-order chi connectivity index (χ0) is 11.7. The molecule has 0 saturated carbocycles. The molecule has 0 amide bonds. The Morgan fingerprint density at radius 3 is 3.35 bits per heavy atom. The molecule has 17 heavy (non-hydrogen) atoms. The highest BCUT2D eigenvalue weighted by atomic mass is 15.3. The van der Waals surface area contributed by atoms with Crippen LogP contribution < -0.4 is 10.6 Å². The Hall–Kier alpha value is -1.48. The van der Waals surface area contributed by atoms with E-state index in [1.165, 1.54) is 17.7 Å². The average molecular weight is 229 g/mol. The number of allylic oxidation sites excluding steroid dienone is 2. The molecule has 2 unspecified atom stereocenters. The van der Waals surface area contributed by atoms with Gasteiger partial charge in [-0.15, -0.1) is 6.58 Å². The van der Waals surface area contributed by atoms with Crippen LogP contribution >= 0.6 is 0 Å². The summed E-state index contributed by atoms with van der Waals surface area (Å²) in [7, 11) is 0. The molecule has 2 N–H and O–H groups in total. The lowest BCUT2D eigenvalue weighted by Gasteiger charge is -2.42. The maximum absolute atomic E-state index is 3.84. The van der Waals surface area contributed by atoms with Crippen molar-refractivity contribution >= 4 is 0 Å². The van der Waals surface area contributed by atoms with Crippen LogP contribution in [-0.4, -0.2) is 30.7 Å². The second-order valence-corrected chi connectivity index (χ2v) is 4.87. The predicted molar refractivity (Wildman–Crippen MR) is 70.1 cm³/mol. The largest absolute Gasteiger partial charge is 0.384 e. The molecule has 0 aromatic carbocycles. The van der Waals surface area contributed by atoms with Gasteiger partial charge >= 0.3 is 0 Å². The molecule has 0 radical (unpaired) electrons. The molecule has 0 aromatic heterocycles. The molecular weight excluding hydrogens is 210 g/mol. The molecule has 0 aromatic rings. The van der Waals surface area contributed by atoms with E-state index in [-0.39, 0.29) is 0 Å². The molecular formula is C14H19N3. The molecule has 0 bridgehead atoms. The molecule has 1 fully saturated rings. The predicted octanol–water partition coefficient (Wildman–Crippen LogP) is 1.35. The highest BCUT2D eigenvalue weighted by molar-refractivity contribution is 5.39. The van der Waals surface area contributed by atoms with Crippen LogP contribution in [0.5, 0.6) is 0 Å². The van der Waals surface area contributed by atoms with E-state index in [2.05, 4.69) is 40.3 Å². The number of rotatable bonds is 2. The standard InChI is InChI=1S/C14H19N3/c1-2-6-17-10-15-9-12-7-13-11(8-14(12)17)4-3-5-16-13/h2-5,8,12-13,15-16H,1,6-7,9-10H2. The van der Waals surface area contributed by atoms with Crippen molar-refractivity contribution in [3.8, 4) is 0 Å². The topological polar surface area (TPSA) is 27.3 Å². The number of nitrogens with zero attached hydrogens (tertiary/aromatic N) is 1. The second-order valence-electron chi connectivity index (χ2n) is 4.87. The lowest BCUT2D eigenvalue weighted by atomic mass is 9.83. The van der Waals surface area contributed by atoms with E-state index in [0.29, 0.717) is 12.0 Å². The third kappa shape index (κ3) is 1.91. The summed E-state index contributed by atoms with van der Waals surface area (Å²) < 4.78 is 0. The van der Waals surface area contributed by atoms with Gasteiger partial charge in [-0.05, 0) is 30.3 Å². The quantitative estimate of drug-likeness (QED) is 0.700. The van der Waals surface area contributed by atoms with Crippen molar-refractivity contribution in [3.63, 3.8) is 0 Å². The number of dihydropyridines is 1. The average Bonchev–Trinajstić information content (AvgIpc) is 2.37. The van der Waals surface area contributed by atoms with Gasteiger partial charge in [0.05, 0.1) is 12.7 Å². The zero-order valence-corrected chi connectivity index (χ0v) is 10.0. The van der Waals surface area contributed by atoms with E-state index in [1.807, 2.05) is 12.3 Å². The van der Waals surface area contributed by atoms with E-state index < -0.39 is 0 Å². The Balaban J connectivity index is 1.90. The van der Waals surface area contributed by atoms with Gasteiger partial charge in [0, 0.05) is 24.7 Å². The third-order valence-electron chi connectivity index (χ3n) is 3.75. The van der Waals surface area contributed by atoms with Crippen molar-refractivity contribution in [2.75, 3.05) is 19.8 Å². The minimum Gasteiger partial charge on any atom is -0.384 e. The Morgan fingerprint density at radius 2 is 2.47 bits per heavy atom. The minimum absolute atomic E-state index is 0.499. The van der Waals surface area contributed by atoms with Crippen molar-refractivity contribution in [2.45, 2.75) is 12.5 Å². The summed E-state index contributed by atoms with van der Waals surface area (Å²) in [5.41, 5.74) is 2.89. The van der Waals surface area contributed by atoms with Gasteiger partial charge in [-0.3, -0.25) is 5.32 Å². The van der Waals surface area contributed by atoms with Crippen molar-refractivity contribution < 1.29 is 0 Å². The number of nitrogens with one attached hydrogen (secondary N) is 2. The van der Waals surface area contributed by atoms with Gasteiger partial charge in [0.15, 0.2) is 0 Å². The molecule has 3 aliphatic rings. The Morgan fingerprint density at radius 1 is 1.53 bits per heavy atom. The highest BCUT2D eigenvalue weighted by Gasteiger charge is 2.32. The molecule has 3 nitrogen and oxygen atoms in total. The summed E-state index contributed by atoms with van der Waals surface area (Å²) in [4.78, 5) is 2.39. The van der Waals surface area contributed by atoms with Gasteiger partial charge in [0.25, 0.3) is 0 Å². The van der Waals surface area contributed by atoms with Crippen molar-refractivity contribution in [1.82, 2.24) is 15.5 Å². The summed E-state index contributed by atoms with van der Waals surface area (Å²) in [6.07, 6.45) is 11.9. The van der Waals surface area contributed by atoms with Crippen LogP contribution in [-0.2, 0) is 0 Å². The second kappa shape index (κ2) is 4.41. The Kier molecular flexibility index (Phi) is 2.77. The fraction of sp³-hybridized carbons (Fsp3) is 0.429. The van der Waals surface area contributed by atoms with Crippen LogP contribution in [0.25, 0.3) is 0 Å². The zero-order valence-electron chi connectivity index (χ0n) is 10.0. The highest BCUT2D eigenvalue weighted by Crippen LogP contribution is 2.32. The van der Waals surface area contributed by atoms with Gasteiger partial charge < -0.3 is 10.2 Å². The fourth-order valence-electron chi connectivity index (χ4n) is 2.92. The first-order chi connectivity index (χ1) is 8.38. The lowest BCUT2D eigenvalue weighted by molar-refractivity contribution is 0.228. The number of hydrogen-bond donors (Lipinski definition) is 2. The molecule has 3 heteroatoms. The van der Waals surface area contributed by atoms with E-state index in [9.17, 15) is 0 Å². The summed E-state index contributed by atoms with van der Waals surface area (Å²) in [6, 6.07) is 0.499. The molecule has 2 aliphatic heterocycles. The molecule has 0 spiro atoms. The third-order valence-corrected chi connectivity index (χ3v) is 3.75. The van der Waals surface area contributed by atoms with Crippen LogP contribution in [0.1, 0.15) is 6.42 Å². The normalized spacial score (nSPS) is 30.7. The molecule has 2 heterocycles. The number of hydrogen-bond acceptors (Lipinski definition) is 3. The molecule has 1 saturated heterocycles. The Bertz CT molecular complexity index is 406. The van der Waals surface area contributed by atoms with Crippen molar-refractivity contribution in [2.24, 2.45) is 5.92 Å². The van der Waals surface area contributed by atoms with E-state index >= 15 is 0 Å². The van der Waals surface area contributed by atoms with Crippen LogP contribution in [0.3, 0.4) is 0 Å². The first kappa shape index (κ1) is 10.7. The van der Waals surface area contributed by atoms with Crippen LogP contribution in [0.15, 0.2) is 48.4 Å². The van der Waals surface area contributed by atoms with Crippen LogP contribution in [0.2, 0.25) is 0 Å². The Labute approximate surface area is 103 Å². The maximum atomic E-state index is 3.84. The first-order valence-electron chi connectivity index (χ1n) is 6.29. The first-order valence-corrected chi connectivity index (χ1v) is 6.29. The van der Waals surface area contributed by atoms with E-state index in [4.69, 9.17) is 0 Å². The minimum atomic E-state index is 0.499. The maximum Gasteiger partial charge on any atom is 0.0682 e. The van der Waals surface area contributed by atoms with Gasteiger partial charge in [0.2, 0.25) is 0 Å². The number of fused-ring (bicyclic) bond motifs is 2. The van der Waals surface area contributed by atoms with E-state index in [1.54, 1.807) is 0 Å². The van der Waals surface area contributed by atoms with Crippen LogP contribution in [0.4, 0.5) is 0 Å². The van der Waals surface area contributed by atoms with Gasteiger partial charge in [-0.25, -0.2) is 0 Å². The molecule has 90 valence electrons. The monoisotopic (exact) mass is 229 g/mol. The molecule has 1 aliphatic carbocycles. The molecule has 3 rings (SSSR count). The van der Waals surface area contributed by atoms with Gasteiger partial charge in [-0.1, -0.05) is 12.2 Å². The summed E-state index contributed by atoms with van der Waals surface area (Å²) in [6.45, 7) is 6.80. The van der Waals surface area contributed by atoms with Gasteiger partial charge in [-0.2, -0.15) is 0 Å². The lowest BCUT2D eigenvalue weighted by Crippen LogP contribution is -2.49. The summed E-state index contributed by atoms with van der Waals surface area (Å²) in [5.74, 6) is 0.629. The van der Waals surface area contributed by atoms with Gasteiger partial charge in [0.1, 0.15) is 0 Å². The molecule has 2 atom stereocenters. The fourth-order valence-corrected chi connectivity index (χ4v) is 2.92.